The van der Waals surface area contributed by atoms with Crippen LogP contribution in [0.5, 0.6) is 11.5 Å². The van der Waals surface area contributed by atoms with E-state index >= 15 is 0 Å². The summed E-state index contributed by atoms with van der Waals surface area (Å²) in [6, 6.07) is 16.1. The standard InChI is InChI=1S/C21H27FN2O2.ClH/c1-25-21-15-18(19(9-10-22)24-13-11-23-12-14-24)7-8-20(21)26-16-17-5-3-2-4-6-17;/h2-8,15,19,23H,9-14,16H2,1H3;1H/t19-;/m1./s1. The third-order valence-electron chi connectivity index (χ3n) is 4.78. The van der Waals surface area contributed by atoms with Crippen LogP contribution < -0.4 is 14.8 Å². The number of methoxy groups -OCH3 is 1. The number of ether oxygens (including phenoxy) is 2. The number of nitrogens with zero attached hydrogens (tertiary/aromatic N) is 1. The maximum atomic E-state index is 13.2. The number of nitrogens with one attached hydrogen (secondary N) is 1. The SMILES string of the molecule is COc1cc([C@@H](CCF)N2CCNCC2)ccc1OCc1ccccc1.Cl. The third-order valence-corrected chi connectivity index (χ3v) is 4.78. The van der Waals surface area contributed by atoms with E-state index in [1.165, 1.54) is 0 Å². The van der Waals surface area contributed by atoms with Gasteiger partial charge in [-0.15, -0.1) is 12.4 Å². The van der Waals surface area contributed by atoms with Crippen molar-refractivity contribution in [3.63, 3.8) is 0 Å². The molecule has 4 nitrogen and oxygen atoms in total. The van der Waals surface area contributed by atoms with E-state index in [0.717, 1.165) is 37.3 Å². The van der Waals surface area contributed by atoms with Crippen molar-refractivity contribution in [3.05, 3.63) is 59.7 Å². The quantitative estimate of drug-likeness (QED) is 0.733. The minimum Gasteiger partial charge on any atom is -0.493 e. The van der Waals surface area contributed by atoms with Gasteiger partial charge >= 0.3 is 0 Å². The van der Waals surface area contributed by atoms with Crippen LogP contribution in [-0.2, 0) is 6.61 Å². The fraction of sp³-hybridized carbons (Fsp3) is 0.429. The first-order chi connectivity index (χ1) is 12.8. The lowest BCUT2D eigenvalue weighted by Crippen LogP contribution is -2.45. The van der Waals surface area contributed by atoms with Crippen LogP contribution in [0.3, 0.4) is 0 Å². The molecule has 0 spiro atoms. The topological polar surface area (TPSA) is 33.7 Å². The molecule has 3 rings (SSSR count). The van der Waals surface area contributed by atoms with E-state index < -0.39 is 0 Å². The van der Waals surface area contributed by atoms with Gasteiger partial charge in [0.25, 0.3) is 0 Å². The van der Waals surface area contributed by atoms with Crippen molar-refractivity contribution >= 4 is 12.4 Å². The Hall–Kier alpha value is -1.82. The molecule has 0 bridgehead atoms. The normalized spacial score (nSPS) is 15.6. The molecule has 1 aliphatic rings. The molecule has 1 heterocycles. The second-order valence-corrected chi connectivity index (χ2v) is 6.46. The second kappa shape index (κ2) is 11.1. The highest BCUT2D eigenvalue weighted by Gasteiger charge is 2.23. The average molecular weight is 395 g/mol. The molecule has 0 unspecified atom stereocenters. The lowest BCUT2D eigenvalue weighted by molar-refractivity contribution is 0.157. The zero-order valence-corrected chi connectivity index (χ0v) is 16.5. The molecule has 6 heteroatoms. The third kappa shape index (κ3) is 5.83. The van der Waals surface area contributed by atoms with Crippen molar-refractivity contribution in [1.82, 2.24) is 10.2 Å². The Morgan fingerprint density at radius 1 is 1.07 bits per heavy atom. The Morgan fingerprint density at radius 3 is 2.48 bits per heavy atom. The second-order valence-electron chi connectivity index (χ2n) is 6.46. The first kappa shape index (κ1) is 21.5. The molecule has 0 saturated carbocycles. The van der Waals surface area contributed by atoms with E-state index in [4.69, 9.17) is 9.47 Å². The van der Waals surface area contributed by atoms with E-state index in [1.807, 2.05) is 48.5 Å². The van der Waals surface area contributed by atoms with Crippen LogP contribution in [0.15, 0.2) is 48.5 Å². The summed E-state index contributed by atoms with van der Waals surface area (Å²) >= 11 is 0. The lowest BCUT2D eigenvalue weighted by Gasteiger charge is -2.35. The number of piperazine rings is 1. The molecule has 27 heavy (non-hydrogen) atoms. The van der Waals surface area contributed by atoms with E-state index in [9.17, 15) is 4.39 Å². The van der Waals surface area contributed by atoms with E-state index in [-0.39, 0.29) is 25.1 Å². The van der Waals surface area contributed by atoms with Crippen molar-refractivity contribution in [2.45, 2.75) is 19.1 Å². The van der Waals surface area contributed by atoms with Gasteiger partial charge < -0.3 is 14.8 Å². The summed E-state index contributed by atoms with van der Waals surface area (Å²) in [7, 11) is 1.64. The van der Waals surface area contributed by atoms with E-state index in [1.54, 1.807) is 7.11 Å². The smallest absolute Gasteiger partial charge is 0.161 e. The lowest BCUT2D eigenvalue weighted by atomic mass is 10.0. The van der Waals surface area contributed by atoms with Crippen LogP contribution in [0.2, 0.25) is 0 Å². The minimum absolute atomic E-state index is 0. The van der Waals surface area contributed by atoms with Crippen LogP contribution in [-0.4, -0.2) is 44.9 Å². The maximum absolute atomic E-state index is 13.2. The summed E-state index contributed by atoms with van der Waals surface area (Å²) in [5, 5.41) is 3.35. The summed E-state index contributed by atoms with van der Waals surface area (Å²) < 4.78 is 24.6. The van der Waals surface area contributed by atoms with Gasteiger partial charge in [0.05, 0.1) is 13.8 Å². The average Bonchev–Trinajstić information content (AvgIpc) is 2.72. The Balaban J connectivity index is 0.00000261. The van der Waals surface area contributed by atoms with E-state index in [2.05, 4.69) is 10.2 Å². The van der Waals surface area contributed by atoms with Gasteiger partial charge in [-0.05, 0) is 29.7 Å². The number of hydrogen-bond donors (Lipinski definition) is 1. The molecule has 1 atom stereocenters. The van der Waals surface area contributed by atoms with Crippen LogP contribution >= 0.6 is 12.4 Å². The van der Waals surface area contributed by atoms with Crippen molar-refractivity contribution in [3.8, 4) is 11.5 Å². The number of hydrogen-bond acceptors (Lipinski definition) is 4. The molecular formula is C21H28ClFN2O2. The molecule has 1 aliphatic heterocycles. The van der Waals surface area contributed by atoms with Gasteiger partial charge in [-0.3, -0.25) is 9.29 Å². The summed E-state index contributed by atoms with van der Waals surface area (Å²) in [6.07, 6.45) is 0.493. The van der Waals surface area contributed by atoms with Crippen LogP contribution in [0.1, 0.15) is 23.6 Å². The van der Waals surface area contributed by atoms with Gasteiger partial charge in [-0.2, -0.15) is 0 Å². The Labute approximate surface area is 167 Å². The van der Waals surface area contributed by atoms with Crippen LogP contribution in [0, 0.1) is 0 Å². The Bertz CT molecular complexity index is 681. The van der Waals surface area contributed by atoms with Gasteiger partial charge in [-0.1, -0.05) is 36.4 Å². The molecule has 2 aromatic rings. The molecule has 0 aliphatic carbocycles. The first-order valence-electron chi connectivity index (χ1n) is 9.17. The van der Waals surface area contributed by atoms with Gasteiger partial charge in [0, 0.05) is 32.2 Å². The first-order valence-corrected chi connectivity index (χ1v) is 9.17. The largest absolute Gasteiger partial charge is 0.493 e. The molecule has 1 N–H and O–H groups in total. The van der Waals surface area contributed by atoms with Gasteiger partial charge in [0.2, 0.25) is 0 Å². The highest BCUT2D eigenvalue weighted by Crippen LogP contribution is 2.34. The summed E-state index contributed by atoms with van der Waals surface area (Å²) in [5.74, 6) is 1.40. The van der Waals surface area contributed by atoms with Crippen LogP contribution in [0.4, 0.5) is 4.39 Å². The summed E-state index contributed by atoms with van der Waals surface area (Å²) in [5.41, 5.74) is 2.18. The predicted molar refractivity (Wildman–Crippen MR) is 109 cm³/mol. The Morgan fingerprint density at radius 2 is 1.81 bits per heavy atom. The fourth-order valence-electron chi connectivity index (χ4n) is 3.40. The number of halogens is 2. The highest BCUT2D eigenvalue weighted by molar-refractivity contribution is 5.85. The van der Waals surface area contributed by atoms with Gasteiger partial charge in [0.1, 0.15) is 6.61 Å². The minimum atomic E-state index is -0.330. The molecular weight excluding hydrogens is 367 g/mol. The molecule has 0 radical (unpaired) electrons. The number of rotatable bonds is 8. The van der Waals surface area contributed by atoms with Crippen molar-refractivity contribution in [2.75, 3.05) is 40.0 Å². The predicted octanol–water partition coefficient (Wildman–Crippen LogP) is 4.00. The van der Waals surface area contributed by atoms with Crippen LogP contribution in [0.25, 0.3) is 0 Å². The molecule has 1 fully saturated rings. The molecule has 148 valence electrons. The van der Waals surface area contributed by atoms with Gasteiger partial charge in [-0.25, -0.2) is 0 Å². The summed E-state index contributed by atoms with van der Waals surface area (Å²) in [6.45, 7) is 3.90. The molecule has 2 aromatic carbocycles. The molecule has 1 saturated heterocycles. The number of benzene rings is 2. The van der Waals surface area contributed by atoms with Crippen molar-refractivity contribution < 1.29 is 13.9 Å². The monoisotopic (exact) mass is 394 g/mol. The summed E-state index contributed by atoms with van der Waals surface area (Å²) in [4.78, 5) is 2.34. The van der Waals surface area contributed by atoms with Gasteiger partial charge in [0.15, 0.2) is 11.5 Å². The molecule has 0 amide bonds. The maximum Gasteiger partial charge on any atom is 0.161 e. The van der Waals surface area contributed by atoms with E-state index in [0.29, 0.717) is 24.5 Å². The fourth-order valence-corrected chi connectivity index (χ4v) is 3.40. The number of alkyl halides is 1. The zero-order chi connectivity index (χ0) is 18.2. The highest BCUT2D eigenvalue weighted by atomic mass is 35.5. The molecule has 0 aromatic heterocycles. The Kier molecular flexibility index (Phi) is 8.85. The van der Waals surface area contributed by atoms with Crippen molar-refractivity contribution in [2.24, 2.45) is 0 Å². The zero-order valence-electron chi connectivity index (χ0n) is 15.7. The van der Waals surface area contributed by atoms with Crippen molar-refractivity contribution in [1.29, 1.82) is 0 Å².